The zero-order valence-corrected chi connectivity index (χ0v) is 15.0. The highest BCUT2D eigenvalue weighted by atomic mass is 19.1. The Hall–Kier alpha value is -2.99. The quantitative estimate of drug-likeness (QED) is 0.674. The maximum atomic E-state index is 13.1. The minimum absolute atomic E-state index is 0.169. The fourth-order valence-corrected chi connectivity index (χ4v) is 3.53. The van der Waals surface area contributed by atoms with Crippen molar-refractivity contribution >= 4 is 6.29 Å². The Kier molecular flexibility index (Phi) is 4.73. The third-order valence-electron chi connectivity index (χ3n) is 4.98. The van der Waals surface area contributed by atoms with Crippen LogP contribution in [0.3, 0.4) is 0 Å². The van der Waals surface area contributed by atoms with E-state index in [0.29, 0.717) is 6.61 Å². The molecule has 1 N–H and O–H groups in total. The molecule has 0 amide bonds. The maximum absolute atomic E-state index is 13.1. The van der Waals surface area contributed by atoms with Crippen molar-refractivity contribution in [3.05, 3.63) is 71.2 Å². The largest absolute Gasteiger partial charge is 0.489 e. The number of likely N-dealkylation sites (N-methyl/N-ethyl adjacent to an activating group) is 1. The van der Waals surface area contributed by atoms with Crippen LogP contribution < -0.4 is 4.74 Å². The van der Waals surface area contributed by atoms with E-state index in [9.17, 15) is 9.18 Å². The molecule has 1 aromatic heterocycles. The Morgan fingerprint density at radius 2 is 2.11 bits per heavy atom. The van der Waals surface area contributed by atoms with Crippen LogP contribution in [-0.4, -0.2) is 27.9 Å². The lowest BCUT2D eigenvalue weighted by Crippen LogP contribution is -2.22. The van der Waals surface area contributed by atoms with Crippen molar-refractivity contribution in [2.24, 2.45) is 0 Å². The summed E-state index contributed by atoms with van der Waals surface area (Å²) in [4.78, 5) is 13.5. The molecule has 0 radical (unpaired) electrons. The number of fused-ring (bicyclic) bond motifs is 1. The molecule has 1 atom stereocenters. The van der Waals surface area contributed by atoms with E-state index >= 15 is 0 Å². The lowest BCUT2D eigenvalue weighted by Gasteiger charge is -2.17. The third kappa shape index (κ3) is 3.36. The van der Waals surface area contributed by atoms with E-state index in [-0.39, 0.29) is 11.9 Å². The van der Waals surface area contributed by atoms with Crippen LogP contribution in [0.15, 0.2) is 48.7 Å². The number of rotatable bonds is 6. The Morgan fingerprint density at radius 1 is 1.30 bits per heavy atom. The molecule has 0 fully saturated rings. The average Bonchev–Trinajstić information content (AvgIpc) is 3.30. The lowest BCUT2D eigenvalue weighted by atomic mass is 10.1. The van der Waals surface area contributed by atoms with Gasteiger partial charge in [0.15, 0.2) is 0 Å². The summed E-state index contributed by atoms with van der Waals surface area (Å²) < 4.78 is 19.1. The van der Waals surface area contributed by atoms with E-state index < -0.39 is 0 Å². The number of hydrogen-bond donors (Lipinski definition) is 1. The number of carbonyl (C=O) groups is 1. The first-order valence-corrected chi connectivity index (χ1v) is 8.92. The van der Waals surface area contributed by atoms with E-state index in [1.54, 1.807) is 18.3 Å². The molecule has 138 valence electrons. The molecule has 1 aliphatic heterocycles. The number of benzene rings is 2. The maximum Gasteiger partial charge on any atom is 0.141 e. The van der Waals surface area contributed by atoms with Gasteiger partial charge in [0.05, 0.1) is 17.9 Å². The van der Waals surface area contributed by atoms with Crippen molar-refractivity contribution in [3.63, 3.8) is 0 Å². The van der Waals surface area contributed by atoms with Crippen LogP contribution in [0.5, 0.6) is 5.75 Å². The monoisotopic (exact) mass is 365 g/mol. The van der Waals surface area contributed by atoms with Crippen LogP contribution in [-0.2, 0) is 17.9 Å². The van der Waals surface area contributed by atoms with E-state index in [2.05, 4.69) is 22.0 Å². The summed E-state index contributed by atoms with van der Waals surface area (Å²) in [6.45, 7) is 3.97. The van der Waals surface area contributed by atoms with Crippen LogP contribution in [0, 0.1) is 5.82 Å². The molecule has 0 spiro atoms. The number of carbonyl (C=O) groups excluding carboxylic acids is 1. The first-order chi connectivity index (χ1) is 13.2. The van der Waals surface area contributed by atoms with Gasteiger partial charge in [-0.2, -0.15) is 5.10 Å². The van der Waals surface area contributed by atoms with Crippen molar-refractivity contribution in [1.82, 2.24) is 15.1 Å². The van der Waals surface area contributed by atoms with Crippen LogP contribution in [0.25, 0.3) is 11.3 Å². The highest BCUT2D eigenvalue weighted by Crippen LogP contribution is 2.34. The van der Waals surface area contributed by atoms with Crippen LogP contribution >= 0.6 is 0 Å². The minimum Gasteiger partial charge on any atom is -0.489 e. The number of aromatic amines is 1. The number of aldehydes is 1. The Balaban J connectivity index is 1.50. The van der Waals surface area contributed by atoms with Gasteiger partial charge in [-0.15, -0.1) is 0 Å². The van der Waals surface area contributed by atoms with Gasteiger partial charge in [0.1, 0.15) is 24.5 Å². The second-order valence-electron chi connectivity index (χ2n) is 6.57. The van der Waals surface area contributed by atoms with Crippen molar-refractivity contribution < 1.29 is 13.9 Å². The van der Waals surface area contributed by atoms with Gasteiger partial charge in [0.2, 0.25) is 0 Å². The zero-order valence-electron chi connectivity index (χ0n) is 15.0. The Bertz CT molecular complexity index is 952. The SMILES string of the molecule is CCN1Cc2cc(OCc3cn[nH]c3-c3ccc(F)cc3)ccc2C1C=O. The van der Waals surface area contributed by atoms with Gasteiger partial charge in [-0.05, 0) is 54.1 Å². The van der Waals surface area contributed by atoms with Gasteiger partial charge in [-0.25, -0.2) is 4.39 Å². The van der Waals surface area contributed by atoms with Gasteiger partial charge in [0, 0.05) is 17.7 Å². The second kappa shape index (κ2) is 7.32. The molecule has 27 heavy (non-hydrogen) atoms. The summed E-state index contributed by atoms with van der Waals surface area (Å²) in [6, 6.07) is 12.0. The molecule has 3 aromatic rings. The highest BCUT2D eigenvalue weighted by molar-refractivity contribution is 5.65. The van der Waals surface area contributed by atoms with E-state index in [1.807, 2.05) is 18.2 Å². The fourth-order valence-electron chi connectivity index (χ4n) is 3.53. The summed E-state index contributed by atoms with van der Waals surface area (Å²) in [5.74, 6) is 0.478. The van der Waals surface area contributed by atoms with E-state index in [4.69, 9.17) is 4.74 Å². The number of ether oxygens (including phenoxy) is 1. The molecular formula is C21H20FN3O2. The second-order valence-corrected chi connectivity index (χ2v) is 6.57. The predicted octanol–water partition coefficient (Wildman–Crippen LogP) is 3.87. The van der Waals surface area contributed by atoms with Crippen LogP contribution in [0.4, 0.5) is 4.39 Å². The molecule has 2 heterocycles. The number of nitrogens with zero attached hydrogens (tertiary/aromatic N) is 2. The van der Waals surface area contributed by atoms with Crippen molar-refractivity contribution in [1.29, 1.82) is 0 Å². The first-order valence-electron chi connectivity index (χ1n) is 8.92. The summed E-state index contributed by atoms with van der Waals surface area (Å²) in [5, 5.41) is 7.04. The van der Waals surface area contributed by atoms with Crippen molar-refractivity contribution in [2.45, 2.75) is 26.1 Å². The van der Waals surface area contributed by atoms with E-state index in [1.165, 1.54) is 12.1 Å². The zero-order chi connectivity index (χ0) is 18.8. The smallest absolute Gasteiger partial charge is 0.141 e. The topological polar surface area (TPSA) is 58.2 Å². The highest BCUT2D eigenvalue weighted by Gasteiger charge is 2.28. The van der Waals surface area contributed by atoms with Gasteiger partial charge in [-0.1, -0.05) is 13.0 Å². The van der Waals surface area contributed by atoms with Crippen LogP contribution in [0.1, 0.15) is 29.7 Å². The standard InChI is InChI=1S/C21H20FN3O2/c1-2-25-11-15-9-18(7-8-19(15)20(25)12-26)27-13-16-10-23-24-21(16)14-3-5-17(22)6-4-14/h3-10,12,20H,2,11,13H2,1H3,(H,23,24). The number of halogens is 1. The van der Waals surface area contributed by atoms with Crippen molar-refractivity contribution in [3.8, 4) is 17.0 Å². The molecule has 0 saturated carbocycles. The van der Waals surface area contributed by atoms with Gasteiger partial charge >= 0.3 is 0 Å². The Labute approximate surface area is 156 Å². The van der Waals surface area contributed by atoms with Gasteiger partial charge < -0.3 is 9.53 Å². The molecule has 4 rings (SSSR count). The molecule has 1 unspecified atom stereocenters. The summed E-state index contributed by atoms with van der Waals surface area (Å²) in [5.41, 5.74) is 4.73. The molecule has 0 saturated heterocycles. The third-order valence-corrected chi connectivity index (χ3v) is 4.98. The number of hydrogen-bond acceptors (Lipinski definition) is 4. The molecule has 1 aliphatic rings. The fraction of sp³-hybridized carbons (Fsp3) is 0.238. The first kappa shape index (κ1) is 17.4. The van der Waals surface area contributed by atoms with Crippen molar-refractivity contribution in [2.75, 3.05) is 6.54 Å². The van der Waals surface area contributed by atoms with Gasteiger partial charge in [0.25, 0.3) is 0 Å². The average molecular weight is 365 g/mol. The molecular weight excluding hydrogens is 345 g/mol. The lowest BCUT2D eigenvalue weighted by molar-refractivity contribution is -0.112. The molecule has 0 aliphatic carbocycles. The molecule has 2 aromatic carbocycles. The predicted molar refractivity (Wildman–Crippen MR) is 99.6 cm³/mol. The molecule has 6 heteroatoms. The number of nitrogens with one attached hydrogen (secondary N) is 1. The minimum atomic E-state index is -0.274. The summed E-state index contributed by atoms with van der Waals surface area (Å²) in [7, 11) is 0. The van der Waals surface area contributed by atoms with Gasteiger partial charge in [-0.3, -0.25) is 10.00 Å². The van der Waals surface area contributed by atoms with E-state index in [0.717, 1.165) is 53.1 Å². The van der Waals surface area contributed by atoms with Crippen LogP contribution in [0.2, 0.25) is 0 Å². The Morgan fingerprint density at radius 3 is 2.85 bits per heavy atom. The summed E-state index contributed by atoms with van der Waals surface area (Å²) >= 11 is 0. The molecule has 0 bridgehead atoms. The number of H-pyrrole nitrogens is 1. The molecule has 5 nitrogen and oxygen atoms in total. The number of aromatic nitrogens is 2. The summed E-state index contributed by atoms with van der Waals surface area (Å²) in [6.07, 6.45) is 2.71. The normalized spacial score (nSPS) is 16.3.